The number of anilines is 2. The third kappa shape index (κ3) is 6.39. The Morgan fingerprint density at radius 2 is 0.639 bits per heavy atom. The number of halogens is 10. The highest BCUT2D eigenvalue weighted by atomic mass is 79.9. The normalized spacial score (nSPS) is 12.1. The Morgan fingerprint density at radius 1 is 0.417 bits per heavy atom. The Bertz CT molecular complexity index is 1450. The predicted octanol–water partition coefficient (Wildman–Crippen LogP) is 10.9. The highest BCUT2D eigenvalue weighted by molar-refractivity contribution is 9.16. The number of rotatable bonds is 6. The molecule has 6 nitrogen and oxygen atoms in total. The Hall–Kier alpha value is 1.96. The molecule has 36 heavy (non-hydrogen) atoms. The molecule has 2 N–H and O–H groups in total. The summed E-state index contributed by atoms with van der Waals surface area (Å²) in [6.45, 7) is 0. The van der Waals surface area contributed by atoms with Crippen molar-refractivity contribution in [3.63, 3.8) is 0 Å². The Kier molecular flexibility index (Phi) is 11.2. The van der Waals surface area contributed by atoms with E-state index in [4.69, 9.17) is 0 Å². The van der Waals surface area contributed by atoms with Crippen molar-refractivity contribution in [1.29, 1.82) is 0 Å². The minimum atomic E-state index is -4.21. The Morgan fingerprint density at radius 3 is 0.889 bits per heavy atom. The summed E-state index contributed by atoms with van der Waals surface area (Å²) in [5.41, 5.74) is 0.0232. The lowest BCUT2D eigenvalue weighted by molar-refractivity contribution is 0.597. The van der Waals surface area contributed by atoms with E-state index in [1.54, 1.807) is 12.1 Å². The van der Waals surface area contributed by atoms with Gasteiger partial charge < -0.3 is 0 Å². The molecule has 3 aromatic rings. The van der Waals surface area contributed by atoms with Crippen LogP contribution in [0.4, 0.5) is 11.4 Å². The fourth-order valence-corrected chi connectivity index (χ4v) is 14.4. The first-order valence-electron chi connectivity index (χ1n) is 8.70. The topological polar surface area (TPSA) is 92.3 Å². The Labute approximate surface area is 291 Å². The van der Waals surface area contributed by atoms with E-state index in [9.17, 15) is 16.8 Å². The summed E-state index contributed by atoms with van der Waals surface area (Å²) in [5, 5.41) is 0. The van der Waals surface area contributed by atoms with Gasteiger partial charge in [-0.1, -0.05) is 12.1 Å². The molecule has 0 bridgehead atoms. The van der Waals surface area contributed by atoms with Crippen LogP contribution in [0.1, 0.15) is 0 Å². The number of hydrogen-bond donors (Lipinski definition) is 2. The summed E-state index contributed by atoms with van der Waals surface area (Å²) >= 11 is 33.4. The first-order valence-corrected chi connectivity index (χ1v) is 19.6. The van der Waals surface area contributed by atoms with Crippen LogP contribution in [0.2, 0.25) is 0 Å². The van der Waals surface area contributed by atoms with Crippen molar-refractivity contribution < 1.29 is 16.8 Å². The van der Waals surface area contributed by atoms with Gasteiger partial charge in [-0.25, -0.2) is 16.8 Å². The van der Waals surface area contributed by atoms with E-state index in [1.807, 2.05) is 0 Å². The highest BCUT2D eigenvalue weighted by Crippen LogP contribution is 2.48. The lowest BCUT2D eigenvalue weighted by Crippen LogP contribution is -2.19. The van der Waals surface area contributed by atoms with Gasteiger partial charge in [-0.2, -0.15) is 0 Å². The van der Waals surface area contributed by atoms with E-state index >= 15 is 0 Å². The van der Waals surface area contributed by atoms with Crippen LogP contribution in [0.15, 0.2) is 78.8 Å². The molecule has 0 aliphatic carbocycles. The molecule has 0 unspecified atom stereocenters. The summed E-state index contributed by atoms with van der Waals surface area (Å²) in [5.74, 6) is 0. The Balaban J connectivity index is 2.11. The molecule has 194 valence electrons. The molecule has 0 aliphatic rings. The fraction of sp³-hybridized carbons (Fsp3) is 0. The van der Waals surface area contributed by atoms with Gasteiger partial charge in [-0.05, 0) is 171 Å². The lowest BCUT2D eigenvalue weighted by Gasteiger charge is -2.19. The number of nitrogens with one attached hydrogen (secondary N) is 2. The lowest BCUT2D eigenvalue weighted by atomic mass is 10.3. The van der Waals surface area contributed by atoms with Gasteiger partial charge in [-0.3, -0.25) is 9.44 Å². The minimum Gasteiger partial charge on any atom is -0.277 e. The van der Waals surface area contributed by atoms with Crippen molar-refractivity contribution >= 4 is 191 Å². The van der Waals surface area contributed by atoms with Crippen molar-refractivity contribution in [2.45, 2.75) is 9.79 Å². The van der Waals surface area contributed by atoms with Gasteiger partial charge in [-0.15, -0.1) is 0 Å². The SMILES string of the molecule is O=S(=O)(Nc1ccccc1NS(=O)(=O)c1c(Br)c(Br)c(Br)c(Br)c1Br)c1c(Br)c(Br)c(Br)c(Br)c1Br. The highest BCUT2D eigenvalue weighted by Gasteiger charge is 2.30. The van der Waals surface area contributed by atoms with Crippen molar-refractivity contribution in [3.05, 3.63) is 69.0 Å². The molecule has 0 amide bonds. The molecule has 18 heteroatoms. The molecule has 3 aromatic carbocycles. The number of para-hydroxylation sites is 2. The molecule has 0 saturated heterocycles. The van der Waals surface area contributed by atoms with Crippen molar-refractivity contribution in [2.24, 2.45) is 0 Å². The largest absolute Gasteiger partial charge is 0.277 e. The van der Waals surface area contributed by atoms with Crippen molar-refractivity contribution in [1.82, 2.24) is 0 Å². The van der Waals surface area contributed by atoms with E-state index in [0.717, 1.165) is 0 Å². The van der Waals surface area contributed by atoms with E-state index in [-0.39, 0.29) is 39.1 Å². The van der Waals surface area contributed by atoms with Crippen LogP contribution in [0.25, 0.3) is 0 Å². The molecule has 0 heterocycles. The maximum Gasteiger partial charge on any atom is 0.264 e. The third-order valence-corrected chi connectivity index (χ3v) is 20.4. The number of benzene rings is 3. The molecule has 0 fully saturated rings. The zero-order chi connectivity index (χ0) is 27.3. The average molecular weight is 1180 g/mol. The van der Waals surface area contributed by atoms with E-state index < -0.39 is 20.0 Å². The smallest absolute Gasteiger partial charge is 0.264 e. The van der Waals surface area contributed by atoms with E-state index in [2.05, 4.69) is 169 Å². The van der Waals surface area contributed by atoms with Crippen LogP contribution < -0.4 is 9.44 Å². The summed E-state index contributed by atoms with van der Waals surface area (Å²) in [6.07, 6.45) is 0. The third-order valence-electron chi connectivity index (χ3n) is 4.29. The summed E-state index contributed by atoms with van der Waals surface area (Å²) in [7, 11) is -8.43. The fourth-order valence-electron chi connectivity index (χ4n) is 2.69. The molecule has 0 spiro atoms. The zero-order valence-electron chi connectivity index (χ0n) is 16.5. The molecule has 0 atom stereocenters. The second kappa shape index (κ2) is 12.4. The maximum absolute atomic E-state index is 13.4. The monoisotopic (exact) mass is 1170 g/mol. The van der Waals surface area contributed by atoms with Crippen molar-refractivity contribution in [3.8, 4) is 0 Å². The summed E-state index contributed by atoms with van der Waals surface area (Å²) < 4.78 is 62.8. The van der Waals surface area contributed by atoms with Gasteiger partial charge in [0.1, 0.15) is 9.79 Å². The van der Waals surface area contributed by atoms with Gasteiger partial charge >= 0.3 is 0 Å². The van der Waals surface area contributed by atoms with E-state index in [1.165, 1.54) is 12.1 Å². The summed E-state index contributed by atoms with van der Waals surface area (Å²) in [6, 6.07) is 6.03. The van der Waals surface area contributed by atoms with E-state index in [0.29, 0.717) is 26.8 Å². The molecular weight excluding hydrogens is 1170 g/mol. The summed E-state index contributed by atoms with van der Waals surface area (Å²) in [4.78, 5) is -0.207. The van der Waals surface area contributed by atoms with Crippen LogP contribution in [0.3, 0.4) is 0 Å². The van der Waals surface area contributed by atoms with Crippen LogP contribution in [-0.2, 0) is 20.0 Å². The standard InChI is InChI=1S/C18H6Br10N2O4S2/c19-7-9(21)13(25)17(14(26)10(7)22)35(31,32)29-5-3-1-2-4-6(5)30-36(33,34)18-15(27)11(23)8(20)12(24)16(18)28/h1-4,29-30H. The van der Waals surface area contributed by atoms with Crippen LogP contribution in [-0.4, -0.2) is 16.8 Å². The molecule has 0 saturated carbocycles. The quantitative estimate of drug-likeness (QED) is 0.190. The van der Waals surface area contributed by atoms with Gasteiger partial charge in [0.25, 0.3) is 20.0 Å². The molecule has 0 aromatic heterocycles. The molecule has 0 aliphatic heterocycles. The van der Waals surface area contributed by atoms with Gasteiger partial charge in [0, 0.05) is 26.8 Å². The second-order valence-electron chi connectivity index (χ2n) is 6.55. The average Bonchev–Trinajstić information content (AvgIpc) is 2.79. The van der Waals surface area contributed by atoms with Crippen LogP contribution in [0.5, 0.6) is 0 Å². The molecule has 0 radical (unpaired) electrons. The van der Waals surface area contributed by atoms with Crippen LogP contribution in [0, 0.1) is 0 Å². The number of sulfonamides is 2. The maximum atomic E-state index is 13.4. The first-order chi connectivity index (χ1) is 16.5. The van der Waals surface area contributed by atoms with Gasteiger partial charge in [0.2, 0.25) is 0 Å². The van der Waals surface area contributed by atoms with Gasteiger partial charge in [0.15, 0.2) is 0 Å². The zero-order valence-corrected chi connectivity index (χ0v) is 34.0. The second-order valence-corrected chi connectivity index (χ2v) is 17.7. The molecular formula is C18H6Br10N2O4S2. The van der Waals surface area contributed by atoms with Crippen LogP contribution >= 0.6 is 159 Å². The minimum absolute atomic E-state index is 0.0116. The van der Waals surface area contributed by atoms with Gasteiger partial charge in [0.05, 0.1) is 29.3 Å². The van der Waals surface area contributed by atoms with Crippen molar-refractivity contribution in [2.75, 3.05) is 9.44 Å². The first kappa shape index (κ1) is 32.5. The number of hydrogen-bond acceptors (Lipinski definition) is 4. The predicted molar refractivity (Wildman–Crippen MR) is 178 cm³/mol. The molecule has 3 rings (SSSR count).